The van der Waals surface area contributed by atoms with Crippen molar-refractivity contribution in [3.8, 4) is 0 Å². The Labute approximate surface area is 117 Å². The highest BCUT2D eigenvalue weighted by atomic mass is 16.2. The van der Waals surface area contributed by atoms with Gasteiger partial charge in [-0.2, -0.15) is 0 Å². The summed E-state index contributed by atoms with van der Waals surface area (Å²) in [6.07, 6.45) is 3.00. The summed E-state index contributed by atoms with van der Waals surface area (Å²) in [7, 11) is 0. The molecule has 0 saturated heterocycles. The van der Waals surface area contributed by atoms with Gasteiger partial charge in [0, 0.05) is 18.0 Å². The molecule has 2 rings (SSSR count). The predicted octanol–water partition coefficient (Wildman–Crippen LogP) is 1.77. The summed E-state index contributed by atoms with van der Waals surface area (Å²) in [6, 6.07) is 8.77. The molecule has 0 aliphatic heterocycles. The van der Waals surface area contributed by atoms with Crippen molar-refractivity contribution in [3.05, 3.63) is 65.0 Å². The van der Waals surface area contributed by atoms with Crippen LogP contribution in [0.25, 0.3) is 0 Å². The number of pyridine rings is 1. The summed E-state index contributed by atoms with van der Waals surface area (Å²) in [5.41, 5.74) is 7.61. The molecule has 0 unspecified atom stereocenters. The van der Waals surface area contributed by atoms with Gasteiger partial charge < -0.3 is 0 Å². The van der Waals surface area contributed by atoms with Gasteiger partial charge in [0.05, 0.1) is 5.56 Å². The van der Waals surface area contributed by atoms with Crippen molar-refractivity contribution in [2.45, 2.75) is 13.8 Å². The van der Waals surface area contributed by atoms with Crippen LogP contribution in [0, 0.1) is 13.8 Å². The molecule has 1 aromatic heterocycles. The monoisotopic (exact) mass is 269 g/mol. The highest BCUT2D eigenvalue weighted by Crippen LogP contribution is 2.09. The molecule has 1 heterocycles. The van der Waals surface area contributed by atoms with Crippen molar-refractivity contribution < 1.29 is 9.59 Å². The van der Waals surface area contributed by atoms with Gasteiger partial charge in [0.15, 0.2) is 0 Å². The normalized spacial score (nSPS) is 9.90. The summed E-state index contributed by atoms with van der Waals surface area (Å²) in [5.74, 6) is -0.754. The van der Waals surface area contributed by atoms with E-state index in [4.69, 9.17) is 0 Å². The number of hydrazine groups is 1. The molecule has 5 nitrogen and oxygen atoms in total. The molecule has 2 N–H and O–H groups in total. The van der Waals surface area contributed by atoms with E-state index in [0.717, 1.165) is 11.1 Å². The third-order valence-electron chi connectivity index (χ3n) is 2.84. The van der Waals surface area contributed by atoms with E-state index < -0.39 is 5.91 Å². The number of hydrogen-bond donors (Lipinski definition) is 2. The zero-order chi connectivity index (χ0) is 14.5. The molecule has 0 saturated carbocycles. The zero-order valence-electron chi connectivity index (χ0n) is 11.3. The number of aryl methyl sites for hydroxylation is 2. The van der Waals surface area contributed by atoms with Crippen molar-refractivity contribution in [2.24, 2.45) is 0 Å². The smallest absolute Gasteiger partial charge is 0.267 e. The molecule has 0 aliphatic carbocycles. The fourth-order valence-electron chi connectivity index (χ4n) is 1.82. The topological polar surface area (TPSA) is 71.1 Å². The Morgan fingerprint density at radius 1 is 1.05 bits per heavy atom. The van der Waals surface area contributed by atoms with E-state index in [1.807, 2.05) is 26.0 Å². The van der Waals surface area contributed by atoms with Gasteiger partial charge in [-0.3, -0.25) is 25.4 Å². The van der Waals surface area contributed by atoms with Crippen LogP contribution in [0.1, 0.15) is 31.8 Å². The quantitative estimate of drug-likeness (QED) is 0.816. The van der Waals surface area contributed by atoms with E-state index in [0.29, 0.717) is 11.1 Å². The molecule has 0 atom stereocenters. The van der Waals surface area contributed by atoms with Gasteiger partial charge in [0.2, 0.25) is 0 Å². The number of benzene rings is 1. The van der Waals surface area contributed by atoms with Crippen LogP contribution in [0.5, 0.6) is 0 Å². The minimum absolute atomic E-state index is 0.347. The second kappa shape index (κ2) is 5.97. The molecule has 0 spiro atoms. The SMILES string of the molecule is Cc1ccc(C(=O)NNC(=O)c2cccnc2)c(C)c1. The molecular formula is C15H15N3O2. The van der Waals surface area contributed by atoms with E-state index in [9.17, 15) is 9.59 Å². The van der Waals surface area contributed by atoms with Crippen molar-refractivity contribution in [2.75, 3.05) is 0 Å². The number of carbonyl (C=O) groups is 2. The van der Waals surface area contributed by atoms with Gasteiger partial charge in [0.1, 0.15) is 0 Å². The van der Waals surface area contributed by atoms with Crippen LogP contribution in [-0.4, -0.2) is 16.8 Å². The lowest BCUT2D eigenvalue weighted by molar-refractivity contribution is 0.0846. The Kier molecular flexibility index (Phi) is 4.10. The van der Waals surface area contributed by atoms with Gasteiger partial charge in [-0.05, 0) is 37.6 Å². The maximum atomic E-state index is 12.0. The molecule has 0 bridgehead atoms. The van der Waals surface area contributed by atoms with Crippen LogP contribution in [0.15, 0.2) is 42.7 Å². The van der Waals surface area contributed by atoms with Crippen LogP contribution < -0.4 is 10.9 Å². The Morgan fingerprint density at radius 3 is 2.45 bits per heavy atom. The average molecular weight is 269 g/mol. The van der Waals surface area contributed by atoms with Gasteiger partial charge in [0.25, 0.3) is 11.8 Å². The minimum atomic E-state index is -0.406. The van der Waals surface area contributed by atoms with E-state index in [-0.39, 0.29) is 5.91 Å². The van der Waals surface area contributed by atoms with Crippen molar-refractivity contribution in [1.82, 2.24) is 15.8 Å². The molecule has 0 radical (unpaired) electrons. The summed E-state index contributed by atoms with van der Waals surface area (Å²) >= 11 is 0. The first-order chi connectivity index (χ1) is 9.58. The van der Waals surface area contributed by atoms with Gasteiger partial charge in [-0.15, -0.1) is 0 Å². The summed E-state index contributed by atoms with van der Waals surface area (Å²) < 4.78 is 0. The van der Waals surface area contributed by atoms with Gasteiger partial charge in [-0.1, -0.05) is 17.7 Å². The molecule has 20 heavy (non-hydrogen) atoms. The number of rotatable bonds is 2. The number of hydrogen-bond acceptors (Lipinski definition) is 3. The third-order valence-corrected chi connectivity index (χ3v) is 2.84. The summed E-state index contributed by atoms with van der Waals surface area (Å²) in [4.78, 5) is 27.6. The van der Waals surface area contributed by atoms with Crippen LogP contribution in [0.3, 0.4) is 0 Å². The number of nitrogens with zero attached hydrogens (tertiary/aromatic N) is 1. The average Bonchev–Trinajstić information content (AvgIpc) is 2.45. The van der Waals surface area contributed by atoms with Gasteiger partial charge >= 0.3 is 0 Å². The second-order valence-corrected chi connectivity index (χ2v) is 4.47. The van der Waals surface area contributed by atoms with Crippen molar-refractivity contribution in [3.63, 3.8) is 0 Å². The van der Waals surface area contributed by atoms with Gasteiger partial charge in [-0.25, -0.2) is 0 Å². The molecule has 5 heteroatoms. The Bertz CT molecular complexity index is 639. The molecule has 0 fully saturated rings. The predicted molar refractivity (Wildman–Crippen MR) is 75.1 cm³/mol. The summed E-state index contributed by atoms with van der Waals surface area (Å²) in [5, 5.41) is 0. The zero-order valence-corrected chi connectivity index (χ0v) is 11.3. The lowest BCUT2D eigenvalue weighted by atomic mass is 10.1. The Morgan fingerprint density at radius 2 is 1.80 bits per heavy atom. The fraction of sp³-hybridized carbons (Fsp3) is 0.133. The molecule has 0 aliphatic rings. The van der Waals surface area contributed by atoms with E-state index >= 15 is 0 Å². The fourth-order valence-corrected chi connectivity index (χ4v) is 1.82. The molecule has 2 amide bonds. The first kappa shape index (κ1) is 13.7. The molecular weight excluding hydrogens is 254 g/mol. The molecule has 2 aromatic rings. The highest BCUT2D eigenvalue weighted by molar-refractivity contribution is 5.99. The minimum Gasteiger partial charge on any atom is -0.267 e. The summed E-state index contributed by atoms with van der Waals surface area (Å²) in [6.45, 7) is 3.81. The van der Waals surface area contributed by atoms with Crippen molar-refractivity contribution in [1.29, 1.82) is 0 Å². The molecule has 102 valence electrons. The molecule has 1 aromatic carbocycles. The Balaban J connectivity index is 2.00. The number of carbonyl (C=O) groups excluding carboxylic acids is 2. The van der Waals surface area contributed by atoms with Crippen LogP contribution in [-0.2, 0) is 0 Å². The van der Waals surface area contributed by atoms with E-state index in [2.05, 4.69) is 15.8 Å². The third kappa shape index (κ3) is 3.20. The van der Waals surface area contributed by atoms with Crippen LogP contribution in [0.4, 0.5) is 0 Å². The Hall–Kier alpha value is -2.69. The number of nitrogens with one attached hydrogen (secondary N) is 2. The first-order valence-electron chi connectivity index (χ1n) is 6.16. The number of aromatic nitrogens is 1. The lowest BCUT2D eigenvalue weighted by Crippen LogP contribution is -2.41. The standard InChI is InChI=1S/C15H15N3O2/c1-10-5-6-13(11(2)8-10)15(20)18-17-14(19)12-4-3-7-16-9-12/h3-9H,1-2H3,(H,17,19)(H,18,20). The van der Waals surface area contributed by atoms with Crippen molar-refractivity contribution >= 4 is 11.8 Å². The largest absolute Gasteiger partial charge is 0.271 e. The second-order valence-electron chi connectivity index (χ2n) is 4.47. The number of amides is 2. The van der Waals surface area contributed by atoms with E-state index in [1.165, 1.54) is 6.20 Å². The maximum absolute atomic E-state index is 12.0. The lowest BCUT2D eigenvalue weighted by Gasteiger charge is -2.09. The highest BCUT2D eigenvalue weighted by Gasteiger charge is 2.11. The van der Waals surface area contributed by atoms with Crippen LogP contribution in [0.2, 0.25) is 0 Å². The van der Waals surface area contributed by atoms with Crippen LogP contribution >= 0.6 is 0 Å². The maximum Gasteiger partial charge on any atom is 0.271 e. The first-order valence-corrected chi connectivity index (χ1v) is 6.16. The van der Waals surface area contributed by atoms with E-state index in [1.54, 1.807) is 24.4 Å².